The minimum absolute atomic E-state index is 0.252. The molecule has 0 aromatic rings. The van der Waals surface area contributed by atoms with E-state index in [1.165, 1.54) is 0 Å². The van der Waals surface area contributed by atoms with E-state index in [1.807, 2.05) is 0 Å². The van der Waals surface area contributed by atoms with Crippen LogP contribution in [0.4, 0.5) is 0 Å². The highest BCUT2D eigenvalue weighted by molar-refractivity contribution is 7.96. The summed E-state index contributed by atoms with van der Waals surface area (Å²) in [4.78, 5) is 11.0. The summed E-state index contributed by atoms with van der Waals surface area (Å²) in [5.41, 5.74) is 0. The van der Waals surface area contributed by atoms with Gasteiger partial charge in [-0.3, -0.25) is 4.79 Å². The summed E-state index contributed by atoms with van der Waals surface area (Å²) in [6.07, 6.45) is -7.12. The van der Waals surface area contributed by atoms with Crippen LogP contribution in [0.5, 0.6) is 0 Å². The van der Waals surface area contributed by atoms with Gasteiger partial charge >= 0.3 is 0 Å². The van der Waals surface area contributed by atoms with Gasteiger partial charge in [0.1, 0.15) is 18.3 Å². The van der Waals surface area contributed by atoms with Gasteiger partial charge < -0.3 is 24.8 Å². The van der Waals surface area contributed by atoms with Gasteiger partial charge in [-0.25, -0.2) is 0 Å². The third-order valence-electron chi connectivity index (χ3n) is 2.22. The SMILES string of the molecule is CC(C)O[C@H]1O[C@H](C(=O)S)[C@H](O)[C@H](O)[C@H]1O. The molecule has 0 saturated carbocycles. The fourth-order valence-corrected chi connectivity index (χ4v) is 1.65. The molecule has 0 aromatic carbocycles. The van der Waals surface area contributed by atoms with Crippen LogP contribution in [0.25, 0.3) is 0 Å². The number of ether oxygens (including phenoxy) is 2. The van der Waals surface area contributed by atoms with E-state index in [-0.39, 0.29) is 6.10 Å². The molecule has 0 aromatic heterocycles. The first-order chi connectivity index (χ1) is 7.34. The number of carbonyl (C=O) groups excluding carboxylic acids is 1. The molecule has 1 saturated heterocycles. The molecule has 0 unspecified atom stereocenters. The summed E-state index contributed by atoms with van der Waals surface area (Å²) in [6.45, 7) is 3.43. The van der Waals surface area contributed by atoms with Crippen molar-refractivity contribution in [3.63, 3.8) is 0 Å². The van der Waals surface area contributed by atoms with E-state index < -0.39 is 35.8 Å². The third kappa shape index (κ3) is 2.93. The average molecular weight is 252 g/mol. The summed E-state index contributed by atoms with van der Waals surface area (Å²) in [5.74, 6) is 0. The van der Waals surface area contributed by atoms with Crippen LogP contribution < -0.4 is 0 Å². The Morgan fingerprint density at radius 1 is 1.25 bits per heavy atom. The second kappa shape index (κ2) is 5.44. The monoisotopic (exact) mass is 252 g/mol. The van der Waals surface area contributed by atoms with Crippen LogP contribution in [-0.4, -0.2) is 57.2 Å². The Labute approximate surface area is 98.6 Å². The Bertz CT molecular complexity index is 258. The highest BCUT2D eigenvalue weighted by atomic mass is 32.1. The van der Waals surface area contributed by atoms with Gasteiger partial charge in [-0.15, -0.1) is 12.6 Å². The zero-order chi connectivity index (χ0) is 12.5. The lowest BCUT2D eigenvalue weighted by Gasteiger charge is -2.39. The minimum atomic E-state index is -1.51. The first-order valence-corrected chi connectivity index (χ1v) is 5.37. The molecular weight excluding hydrogens is 236 g/mol. The van der Waals surface area contributed by atoms with Crippen molar-refractivity contribution in [3.05, 3.63) is 0 Å². The standard InChI is InChI=1S/C9H16O6S/c1-3(2)14-9-6(12)4(10)5(11)7(15-9)8(13)16/h3-7,9-12H,1-2H3,(H,13,16)/t4-,5+,6+,7-,9-/m0/s1. The number of aliphatic hydroxyl groups excluding tert-OH is 3. The molecule has 1 aliphatic heterocycles. The molecule has 16 heavy (non-hydrogen) atoms. The lowest BCUT2D eigenvalue weighted by Crippen LogP contribution is -2.60. The summed E-state index contributed by atoms with van der Waals surface area (Å²) < 4.78 is 10.2. The Morgan fingerprint density at radius 3 is 2.25 bits per heavy atom. The molecule has 1 fully saturated rings. The molecule has 1 heterocycles. The highest BCUT2D eigenvalue weighted by Gasteiger charge is 2.46. The van der Waals surface area contributed by atoms with Gasteiger partial charge in [0.15, 0.2) is 12.4 Å². The van der Waals surface area contributed by atoms with E-state index in [0.29, 0.717) is 0 Å². The minimum Gasteiger partial charge on any atom is -0.387 e. The van der Waals surface area contributed by atoms with E-state index >= 15 is 0 Å². The predicted octanol–water partition coefficient (Wildman–Crippen LogP) is -1.32. The second-order valence-corrected chi connectivity index (χ2v) is 4.36. The Morgan fingerprint density at radius 2 is 1.81 bits per heavy atom. The molecule has 0 spiro atoms. The normalized spacial score (nSPS) is 40.1. The van der Waals surface area contributed by atoms with Crippen LogP contribution >= 0.6 is 12.6 Å². The van der Waals surface area contributed by atoms with Crippen LogP contribution in [0, 0.1) is 0 Å². The van der Waals surface area contributed by atoms with Crippen molar-refractivity contribution in [2.24, 2.45) is 0 Å². The maximum absolute atomic E-state index is 11.0. The zero-order valence-corrected chi connectivity index (χ0v) is 9.87. The van der Waals surface area contributed by atoms with Crippen molar-refractivity contribution < 1.29 is 29.6 Å². The fraction of sp³-hybridized carbons (Fsp3) is 0.889. The van der Waals surface area contributed by atoms with Crippen molar-refractivity contribution >= 4 is 17.7 Å². The van der Waals surface area contributed by atoms with E-state index in [0.717, 1.165) is 0 Å². The fourth-order valence-electron chi connectivity index (χ4n) is 1.43. The van der Waals surface area contributed by atoms with Crippen LogP contribution in [0.3, 0.4) is 0 Å². The van der Waals surface area contributed by atoms with Crippen LogP contribution in [0.2, 0.25) is 0 Å². The summed E-state index contributed by atoms with van der Waals surface area (Å²) in [7, 11) is 0. The highest BCUT2D eigenvalue weighted by Crippen LogP contribution is 2.24. The Hall–Kier alpha value is -0.180. The molecule has 0 radical (unpaired) electrons. The number of carbonyl (C=O) groups is 1. The molecule has 0 aliphatic carbocycles. The van der Waals surface area contributed by atoms with Gasteiger partial charge in [0, 0.05) is 0 Å². The van der Waals surface area contributed by atoms with E-state index in [4.69, 9.17) is 9.47 Å². The van der Waals surface area contributed by atoms with Crippen molar-refractivity contribution in [2.75, 3.05) is 0 Å². The number of aliphatic hydroxyl groups is 3. The molecule has 5 atom stereocenters. The molecule has 1 rings (SSSR count). The molecular formula is C9H16O6S. The first kappa shape index (κ1) is 13.9. The van der Waals surface area contributed by atoms with Gasteiger partial charge in [0.2, 0.25) is 5.12 Å². The molecule has 1 aliphatic rings. The van der Waals surface area contributed by atoms with Crippen LogP contribution in [-0.2, 0) is 14.3 Å². The molecule has 7 heteroatoms. The summed E-state index contributed by atoms with van der Waals surface area (Å²) >= 11 is 3.53. The largest absolute Gasteiger partial charge is 0.387 e. The third-order valence-corrected chi connectivity index (χ3v) is 2.47. The molecule has 94 valence electrons. The van der Waals surface area contributed by atoms with E-state index in [2.05, 4.69) is 12.6 Å². The summed E-state index contributed by atoms with van der Waals surface area (Å²) in [6, 6.07) is 0. The second-order valence-electron chi connectivity index (χ2n) is 3.92. The zero-order valence-electron chi connectivity index (χ0n) is 8.98. The van der Waals surface area contributed by atoms with Crippen molar-refractivity contribution in [2.45, 2.75) is 50.7 Å². The molecule has 6 nitrogen and oxygen atoms in total. The molecule has 0 bridgehead atoms. The summed E-state index contributed by atoms with van der Waals surface area (Å²) in [5, 5.41) is 27.8. The number of hydrogen-bond donors (Lipinski definition) is 4. The Kier molecular flexibility index (Phi) is 4.72. The Balaban J connectivity index is 2.77. The van der Waals surface area contributed by atoms with Gasteiger partial charge in [-0.2, -0.15) is 0 Å². The number of thiol groups is 1. The average Bonchev–Trinajstić information content (AvgIpc) is 2.18. The van der Waals surface area contributed by atoms with Gasteiger partial charge in [-0.05, 0) is 13.8 Å². The lowest BCUT2D eigenvalue weighted by atomic mass is 9.99. The van der Waals surface area contributed by atoms with Gasteiger partial charge in [-0.1, -0.05) is 0 Å². The predicted molar refractivity (Wildman–Crippen MR) is 56.9 cm³/mol. The van der Waals surface area contributed by atoms with Crippen molar-refractivity contribution in [3.8, 4) is 0 Å². The van der Waals surface area contributed by atoms with E-state index in [1.54, 1.807) is 13.8 Å². The maximum Gasteiger partial charge on any atom is 0.217 e. The van der Waals surface area contributed by atoms with E-state index in [9.17, 15) is 20.1 Å². The van der Waals surface area contributed by atoms with Gasteiger partial charge in [0.05, 0.1) is 6.10 Å². The number of rotatable bonds is 3. The van der Waals surface area contributed by atoms with Crippen molar-refractivity contribution in [1.82, 2.24) is 0 Å². The van der Waals surface area contributed by atoms with Gasteiger partial charge in [0.25, 0.3) is 0 Å². The molecule has 0 amide bonds. The first-order valence-electron chi connectivity index (χ1n) is 4.92. The quantitative estimate of drug-likeness (QED) is 0.465. The topological polar surface area (TPSA) is 96.2 Å². The van der Waals surface area contributed by atoms with Crippen molar-refractivity contribution in [1.29, 1.82) is 0 Å². The van der Waals surface area contributed by atoms with Crippen LogP contribution in [0.1, 0.15) is 13.8 Å². The smallest absolute Gasteiger partial charge is 0.217 e. The van der Waals surface area contributed by atoms with Crippen LogP contribution in [0.15, 0.2) is 0 Å². The molecule has 3 N–H and O–H groups in total. The maximum atomic E-state index is 11.0. The number of hydrogen-bond acceptors (Lipinski definition) is 6. The lowest BCUT2D eigenvalue weighted by molar-refractivity contribution is -0.296.